The zero-order chi connectivity index (χ0) is 24.4. The third-order valence-electron chi connectivity index (χ3n) is 6.11. The van der Waals surface area contributed by atoms with Crippen LogP contribution in [0.1, 0.15) is 37.9 Å². The number of hydrogen-bond donors (Lipinski definition) is 0. The van der Waals surface area contributed by atoms with E-state index in [1.54, 1.807) is 53.4 Å². The van der Waals surface area contributed by atoms with Gasteiger partial charge in [-0.3, -0.25) is 19.8 Å². The standard InChI is InChI=1S/C26H22FN3O4S/c27-21-8-4-5-9-22(21)28-26-29(18-6-2-1-3-7-18)25(31)24(35-26)16-20-14-15-23(34-20)17-10-12-19(13-11-17)30(32)33/h4-5,8-16,18H,1-3,6-7H2/b24-16-,28-26?. The third kappa shape index (κ3) is 4.90. The topological polar surface area (TPSA) is 88.9 Å². The van der Waals surface area contributed by atoms with Gasteiger partial charge in [0, 0.05) is 29.8 Å². The summed E-state index contributed by atoms with van der Waals surface area (Å²) in [4.78, 5) is 30.5. The van der Waals surface area contributed by atoms with Gasteiger partial charge in [-0.15, -0.1) is 0 Å². The summed E-state index contributed by atoms with van der Waals surface area (Å²) in [5.74, 6) is 0.412. The van der Waals surface area contributed by atoms with Gasteiger partial charge in [-0.1, -0.05) is 31.4 Å². The number of amidine groups is 1. The summed E-state index contributed by atoms with van der Waals surface area (Å²) in [5, 5.41) is 11.4. The number of aliphatic imine (C=N–C) groups is 1. The molecular formula is C26H22FN3O4S. The van der Waals surface area contributed by atoms with Crippen LogP contribution in [0.25, 0.3) is 17.4 Å². The zero-order valence-electron chi connectivity index (χ0n) is 18.7. The van der Waals surface area contributed by atoms with Crippen molar-refractivity contribution in [2.45, 2.75) is 38.1 Å². The Balaban J connectivity index is 1.45. The molecule has 1 saturated heterocycles. The van der Waals surface area contributed by atoms with Crippen LogP contribution in [-0.2, 0) is 4.79 Å². The van der Waals surface area contributed by atoms with E-state index in [4.69, 9.17) is 4.42 Å². The summed E-state index contributed by atoms with van der Waals surface area (Å²) >= 11 is 1.21. The molecular weight excluding hydrogens is 469 g/mol. The average Bonchev–Trinajstić information content (AvgIpc) is 3.46. The van der Waals surface area contributed by atoms with Crippen LogP contribution >= 0.6 is 11.8 Å². The van der Waals surface area contributed by atoms with Gasteiger partial charge >= 0.3 is 0 Å². The monoisotopic (exact) mass is 491 g/mol. The first-order valence-electron chi connectivity index (χ1n) is 11.4. The molecule has 1 saturated carbocycles. The highest BCUT2D eigenvalue weighted by atomic mass is 32.2. The number of furan rings is 1. The predicted octanol–water partition coefficient (Wildman–Crippen LogP) is 6.93. The van der Waals surface area contributed by atoms with Crippen LogP contribution < -0.4 is 0 Å². The SMILES string of the molecule is O=C1/C(=C/c2ccc(-c3ccc([N+](=O)[O-])cc3)o2)SC(=Nc2ccccc2F)N1C1CCCCC1. The van der Waals surface area contributed by atoms with Crippen LogP contribution in [0.5, 0.6) is 0 Å². The maximum absolute atomic E-state index is 14.3. The molecule has 7 nitrogen and oxygen atoms in total. The number of nitro groups is 1. The maximum Gasteiger partial charge on any atom is 0.269 e. The summed E-state index contributed by atoms with van der Waals surface area (Å²) in [6, 6.07) is 15.9. The molecule has 2 heterocycles. The first-order chi connectivity index (χ1) is 17.0. The lowest BCUT2D eigenvalue weighted by Gasteiger charge is -2.30. The average molecular weight is 492 g/mol. The van der Waals surface area contributed by atoms with E-state index >= 15 is 0 Å². The van der Waals surface area contributed by atoms with Crippen molar-refractivity contribution in [2.24, 2.45) is 4.99 Å². The van der Waals surface area contributed by atoms with Crippen LogP contribution in [0.3, 0.4) is 0 Å². The van der Waals surface area contributed by atoms with Gasteiger partial charge in [-0.25, -0.2) is 9.38 Å². The summed E-state index contributed by atoms with van der Waals surface area (Å²) in [7, 11) is 0. The lowest BCUT2D eigenvalue weighted by molar-refractivity contribution is -0.384. The number of halogens is 1. The Morgan fingerprint density at radius 1 is 1.06 bits per heavy atom. The molecule has 1 aliphatic carbocycles. The van der Waals surface area contributed by atoms with E-state index in [0.29, 0.717) is 27.2 Å². The van der Waals surface area contributed by atoms with E-state index in [1.807, 2.05) is 0 Å². The molecule has 0 spiro atoms. The van der Waals surface area contributed by atoms with Crippen molar-refractivity contribution in [2.75, 3.05) is 0 Å². The van der Waals surface area contributed by atoms with Crippen molar-refractivity contribution in [1.82, 2.24) is 4.90 Å². The fourth-order valence-electron chi connectivity index (χ4n) is 4.33. The van der Waals surface area contributed by atoms with E-state index in [1.165, 1.54) is 30.0 Å². The maximum atomic E-state index is 14.3. The number of amides is 1. The van der Waals surface area contributed by atoms with Gasteiger partial charge in [0.15, 0.2) is 5.17 Å². The van der Waals surface area contributed by atoms with Crippen LogP contribution in [0.2, 0.25) is 0 Å². The van der Waals surface area contributed by atoms with Gasteiger partial charge in [0.25, 0.3) is 11.6 Å². The number of thioether (sulfide) groups is 1. The van der Waals surface area contributed by atoms with Gasteiger partial charge in [0.2, 0.25) is 0 Å². The lowest BCUT2D eigenvalue weighted by Crippen LogP contribution is -2.40. The highest BCUT2D eigenvalue weighted by Crippen LogP contribution is 2.39. The summed E-state index contributed by atoms with van der Waals surface area (Å²) < 4.78 is 20.2. The second-order valence-corrected chi connectivity index (χ2v) is 9.44. The van der Waals surface area contributed by atoms with E-state index in [2.05, 4.69) is 4.99 Å². The van der Waals surface area contributed by atoms with E-state index in [0.717, 1.165) is 32.1 Å². The van der Waals surface area contributed by atoms with Gasteiger partial charge < -0.3 is 4.42 Å². The minimum absolute atomic E-state index is 0.0000680. The molecule has 2 fully saturated rings. The summed E-state index contributed by atoms with van der Waals surface area (Å²) in [6.45, 7) is 0. The van der Waals surface area contributed by atoms with Crippen LogP contribution in [0.15, 0.2) is 75.0 Å². The Morgan fingerprint density at radius 2 is 1.80 bits per heavy atom. The smallest absolute Gasteiger partial charge is 0.269 e. The Morgan fingerprint density at radius 3 is 2.51 bits per heavy atom. The molecule has 0 radical (unpaired) electrons. The summed E-state index contributed by atoms with van der Waals surface area (Å²) in [5.41, 5.74) is 0.889. The van der Waals surface area contributed by atoms with Crippen molar-refractivity contribution in [1.29, 1.82) is 0 Å². The van der Waals surface area contributed by atoms with Crippen molar-refractivity contribution in [3.05, 3.63) is 87.3 Å². The zero-order valence-corrected chi connectivity index (χ0v) is 19.5. The molecule has 1 amide bonds. The van der Waals surface area contributed by atoms with Crippen LogP contribution in [-0.4, -0.2) is 26.9 Å². The van der Waals surface area contributed by atoms with Gasteiger partial charge in [0.05, 0.1) is 9.83 Å². The largest absolute Gasteiger partial charge is 0.457 e. The number of benzene rings is 2. The van der Waals surface area contributed by atoms with E-state index < -0.39 is 10.7 Å². The molecule has 2 aromatic carbocycles. The Kier molecular flexibility index (Phi) is 6.50. The van der Waals surface area contributed by atoms with E-state index in [-0.39, 0.29) is 23.3 Å². The van der Waals surface area contributed by atoms with Crippen LogP contribution in [0.4, 0.5) is 15.8 Å². The number of non-ortho nitro benzene ring substituents is 1. The fourth-order valence-corrected chi connectivity index (χ4v) is 5.37. The van der Waals surface area contributed by atoms with Crippen molar-refractivity contribution in [3.8, 4) is 11.3 Å². The number of para-hydroxylation sites is 1. The lowest BCUT2D eigenvalue weighted by atomic mass is 9.94. The minimum atomic E-state index is -0.455. The van der Waals surface area contributed by atoms with Gasteiger partial charge in [-0.05, 0) is 61.0 Å². The molecule has 178 valence electrons. The van der Waals surface area contributed by atoms with Crippen molar-refractivity contribution in [3.63, 3.8) is 0 Å². The highest BCUT2D eigenvalue weighted by Gasteiger charge is 2.39. The third-order valence-corrected chi connectivity index (χ3v) is 7.09. The number of nitrogens with zero attached hydrogens (tertiary/aromatic N) is 3. The predicted molar refractivity (Wildman–Crippen MR) is 134 cm³/mol. The molecule has 0 unspecified atom stereocenters. The molecule has 0 atom stereocenters. The Hall–Kier alpha value is -3.72. The number of hydrogen-bond acceptors (Lipinski definition) is 6. The van der Waals surface area contributed by atoms with Gasteiger partial charge in [-0.2, -0.15) is 0 Å². The fraction of sp³-hybridized carbons (Fsp3) is 0.231. The molecule has 2 aliphatic rings. The number of rotatable bonds is 5. The molecule has 0 bridgehead atoms. The molecule has 1 aliphatic heterocycles. The molecule has 0 N–H and O–H groups in total. The normalized spacial score (nSPS) is 19.1. The minimum Gasteiger partial charge on any atom is -0.457 e. The second-order valence-electron chi connectivity index (χ2n) is 8.43. The molecule has 5 rings (SSSR count). The molecule has 9 heteroatoms. The number of carbonyl (C=O) groups is 1. The van der Waals surface area contributed by atoms with Crippen LogP contribution in [0, 0.1) is 15.9 Å². The first-order valence-corrected chi connectivity index (χ1v) is 12.2. The highest BCUT2D eigenvalue weighted by molar-refractivity contribution is 8.18. The Labute approximate surface area is 205 Å². The first kappa shape index (κ1) is 23.0. The molecule has 3 aromatic rings. The number of carbonyl (C=O) groups excluding carboxylic acids is 1. The van der Waals surface area contributed by atoms with Crippen molar-refractivity contribution < 1.29 is 18.5 Å². The molecule has 35 heavy (non-hydrogen) atoms. The number of nitro benzene ring substituents is 1. The van der Waals surface area contributed by atoms with E-state index in [9.17, 15) is 19.3 Å². The molecule has 1 aromatic heterocycles. The van der Waals surface area contributed by atoms with Crippen molar-refractivity contribution >= 4 is 40.3 Å². The second kappa shape index (κ2) is 9.87. The summed E-state index contributed by atoms with van der Waals surface area (Å²) in [6.07, 6.45) is 6.68. The quantitative estimate of drug-likeness (QED) is 0.219. The van der Waals surface area contributed by atoms with Gasteiger partial charge in [0.1, 0.15) is 23.0 Å². The Bertz CT molecular complexity index is 1330.